The number of carbonyl (C=O) groups is 2. The van der Waals surface area contributed by atoms with Crippen molar-refractivity contribution in [2.24, 2.45) is 0 Å². The molecule has 0 fully saturated rings. The van der Waals surface area contributed by atoms with Crippen LogP contribution in [0.5, 0.6) is 0 Å². The second-order valence-electron chi connectivity index (χ2n) is 8.92. The molecular formula is C30H30O4S2. The Balaban J connectivity index is 1.34. The average molecular weight is 519 g/mol. The van der Waals surface area contributed by atoms with Gasteiger partial charge in [0, 0.05) is 32.4 Å². The monoisotopic (exact) mass is 518 g/mol. The molecule has 2 heterocycles. The van der Waals surface area contributed by atoms with Gasteiger partial charge in [0.1, 0.15) is 0 Å². The summed E-state index contributed by atoms with van der Waals surface area (Å²) >= 11 is 3.59. The van der Waals surface area contributed by atoms with Crippen molar-refractivity contribution in [3.05, 3.63) is 83.9 Å². The molecule has 0 aliphatic rings. The molecule has 36 heavy (non-hydrogen) atoms. The lowest BCUT2D eigenvalue weighted by atomic mass is 10.0. The number of unbranched alkanes of at least 4 members (excludes halogenated alkanes) is 2. The van der Waals surface area contributed by atoms with Crippen LogP contribution in [-0.4, -0.2) is 22.2 Å². The maximum absolute atomic E-state index is 10.6. The van der Waals surface area contributed by atoms with Gasteiger partial charge in [0.25, 0.3) is 0 Å². The van der Waals surface area contributed by atoms with E-state index in [0.29, 0.717) is 12.8 Å². The number of aliphatic carboxylic acids is 2. The van der Waals surface area contributed by atoms with Crippen LogP contribution in [0.1, 0.15) is 49.7 Å². The number of hydrogen-bond donors (Lipinski definition) is 2. The minimum atomic E-state index is -0.726. The van der Waals surface area contributed by atoms with Gasteiger partial charge < -0.3 is 10.2 Å². The molecule has 4 nitrogen and oxygen atoms in total. The SMILES string of the molecule is O=C(O)CCCCc1ccc(-c2ccc(-c3ccc(-c4ccc(CCCCC(=O)O)cc4)s3)s2)cc1. The topological polar surface area (TPSA) is 74.6 Å². The zero-order valence-electron chi connectivity index (χ0n) is 20.1. The molecule has 2 aromatic heterocycles. The second-order valence-corrected chi connectivity index (χ2v) is 11.1. The van der Waals surface area contributed by atoms with Gasteiger partial charge >= 0.3 is 11.9 Å². The van der Waals surface area contributed by atoms with E-state index in [1.54, 1.807) is 22.7 Å². The first-order valence-electron chi connectivity index (χ1n) is 12.3. The smallest absolute Gasteiger partial charge is 0.303 e. The van der Waals surface area contributed by atoms with Crippen LogP contribution in [0.15, 0.2) is 72.8 Å². The van der Waals surface area contributed by atoms with E-state index < -0.39 is 11.9 Å². The molecule has 0 unspecified atom stereocenters. The van der Waals surface area contributed by atoms with Crippen molar-refractivity contribution in [3.8, 4) is 30.6 Å². The van der Waals surface area contributed by atoms with Crippen LogP contribution in [0.25, 0.3) is 30.6 Å². The quantitative estimate of drug-likeness (QED) is 0.174. The summed E-state index contributed by atoms with van der Waals surface area (Å²) in [7, 11) is 0. The summed E-state index contributed by atoms with van der Waals surface area (Å²) in [5.41, 5.74) is 4.90. The summed E-state index contributed by atoms with van der Waals surface area (Å²) in [6.45, 7) is 0. The van der Waals surface area contributed by atoms with Gasteiger partial charge in [-0.1, -0.05) is 48.5 Å². The fraction of sp³-hybridized carbons (Fsp3) is 0.267. The summed E-state index contributed by atoms with van der Waals surface area (Å²) < 4.78 is 0. The average Bonchev–Trinajstić information content (AvgIpc) is 3.55. The maximum atomic E-state index is 10.6. The largest absolute Gasteiger partial charge is 0.481 e. The van der Waals surface area contributed by atoms with Crippen LogP contribution in [-0.2, 0) is 22.4 Å². The van der Waals surface area contributed by atoms with Gasteiger partial charge in [-0.25, -0.2) is 0 Å². The molecule has 6 heteroatoms. The lowest BCUT2D eigenvalue weighted by Gasteiger charge is -2.03. The van der Waals surface area contributed by atoms with Crippen LogP contribution in [0, 0.1) is 0 Å². The Hall–Kier alpha value is -3.22. The summed E-state index contributed by atoms with van der Waals surface area (Å²) in [5, 5.41) is 17.5. The first-order chi connectivity index (χ1) is 17.5. The Morgan fingerprint density at radius 3 is 1.22 bits per heavy atom. The van der Waals surface area contributed by atoms with Gasteiger partial charge in [0.2, 0.25) is 0 Å². The molecule has 0 amide bonds. The fourth-order valence-electron chi connectivity index (χ4n) is 4.13. The molecule has 0 saturated carbocycles. The van der Waals surface area contributed by atoms with Crippen LogP contribution >= 0.6 is 22.7 Å². The van der Waals surface area contributed by atoms with Crippen LogP contribution in [0.2, 0.25) is 0 Å². The molecule has 186 valence electrons. The van der Waals surface area contributed by atoms with E-state index in [4.69, 9.17) is 10.2 Å². The van der Waals surface area contributed by atoms with Crippen LogP contribution in [0.3, 0.4) is 0 Å². The van der Waals surface area contributed by atoms with E-state index in [-0.39, 0.29) is 12.8 Å². The number of thiophene rings is 2. The number of carboxylic acid groups (broad SMARTS) is 2. The Kier molecular flexibility index (Phi) is 9.09. The summed E-state index contributed by atoms with van der Waals surface area (Å²) in [6, 6.07) is 26.0. The molecule has 0 radical (unpaired) electrons. The first-order valence-corrected chi connectivity index (χ1v) is 13.9. The van der Waals surface area contributed by atoms with Crippen molar-refractivity contribution in [3.63, 3.8) is 0 Å². The van der Waals surface area contributed by atoms with E-state index in [1.165, 1.54) is 41.8 Å². The zero-order valence-corrected chi connectivity index (χ0v) is 21.7. The molecule has 0 aliphatic carbocycles. The normalized spacial score (nSPS) is 11.0. The number of carboxylic acids is 2. The Morgan fingerprint density at radius 1 is 0.500 bits per heavy atom. The number of rotatable bonds is 13. The Morgan fingerprint density at radius 2 is 0.861 bits per heavy atom. The van der Waals surface area contributed by atoms with Gasteiger partial charge in [-0.3, -0.25) is 9.59 Å². The summed E-state index contributed by atoms with van der Waals surface area (Å²) in [4.78, 5) is 26.3. The molecule has 4 rings (SSSR count). The molecule has 0 saturated heterocycles. The van der Waals surface area contributed by atoms with Crippen molar-refractivity contribution in [1.82, 2.24) is 0 Å². The van der Waals surface area contributed by atoms with E-state index in [2.05, 4.69) is 72.8 Å². The minimum absolute atomic E-state index is 0.238. The highest BCUT2D eigenvalue weighted by molar-refractivity contribution is 7.25. The molecule has 0 bridgehead atoms. The fourth-order valence-corrected chi connectivity index (χ4v) is 6.25. The third kappa shape index (κ3) is 7.39. The van der Waals surface area contributed by atoms with Gasteiger partial charge in [0.15, 0.2) is 0 Å². The van der Waals surface area contributed by atoms with Crippen molar-refractivity contribution in [2.75, 3.05) is 0 Å². The summed E-state index contributed by atoms with van der Waals surface area (Å²) in [5.74, 6) is -1.45. The minimum Gasteiger partial charge on any atom is -0.481 e. The highest BCUT2D eigenvalue weighted by Gasteiger charge is 2.10. The number of benzene rings is 2. The van der Waals surface area contributed by atoms with E-state index in [0.717, 1.165) is 25.7 Å². The predicted octanol–water partition coefficient (Wildman–Crippen LogP) is 8.41. The van der Waals surface area contributed by atoms with E-state index in [9.17, 15) is 9.59 Å². The molecule has 4 aromatic rings. The lowest BCUT2D eigenvalue weighted by molar-refractivity contribution is -0.138. The number of aryl methyl sites for hydroxylation is 2. The van der Waals surface area contributed by atoms with Crippen molar-refractivity contribution in [2.45, 2.75) is 51.4 Å². The number of hydrogen-bond acceptors (Lipinski definition) is 4. The molecule has 2 aromatic carbocycles. The predicted molar refractivity (Wildman–Crippen MR) is 149 cm³/mol. The Bertz CT molecular complexity index is 1180. The van der Waals surface area contributed by atoms with Gasteiger partial charge in [-0.05, 0) is 85.0 Å². The maximum Gasteiger partial charge on any atom is 0.303 e. The first kappa shape index (κ1) is 25.9. The van der Waals surface area contributed by atoms with Crippen molar-refractivity contribution >= 4 is 34.6 Å². The standard InChI is InChI=1S/C30H30O4S2/c31-29(32)7-3-1-5-21-9-13-23(14-10-21)25-17-19-27(35-25)28-20-18-26(36-28)24-15-11-22(12-16-24)6-2-4-8-30(33)34/h9-20H,1-8H2,(H,31,32)(H,33,34). The van der Waals surface area contributed by atoms with Crippen molar-refractivity contribution in [1.29, 1.82) is 0 Å². The third-order valence-electron chi connectivity index (χ3n) is 6.14. The lowest BCUT2D eigenvalue weighted by Crippen LogP contribution is -1.94. The molecule has 0 aliphatic heterocycles. The highest BCUT2D eigenvalue weighted by atomic mass is 32.1. The van der Waals surface area contributed by atoms with Gasteiger partial charge in [-0.2, -0.15) is 0 Å². The van der Waals surface area contributed by atoms with E-state index >= 15 is 0 Å². The molecule has 0 atom stereocenters. The molecule has 2 N–H and O–H groups in total. The highest BCUT2D eigenvalue weighted by Crippen LogP contribution is 2.40. The van der Waals surface area contributed by atoms with Gasteiger partial charge in [-0.15, -0.1) is 22.7 Å². The molecule has 0 spiro atoms. The van der Waals surface area contributed by atoms with E-state index in [1.807, 2.05) is 0 Å². The Labute approximate surface area is 219 Å². The second kappa shape index (κ2) is 12.7. The van der Waals surface area contributed by atoms with Gasteiger partial charge in [0.05, 0.1) is 0 Å². The summed E-state index contributed by atoms with van der Waals surface area (Å²) in [6.07, 6.45) is 5.51. The molecular weight excluding hydrogens is 488 g/mol. The zero-order chi connectivity index (χ0) is 25.3. The van der Waals surface area contributed by atoms with Crippen LogP contribution < -0.4 is 0 Å². The van der Waals surface area contributed by atoms with Crippen molar-refractivity contribution < 1.29 is 19.8 Å². The van der Waals surface area contributed by atoms with Crippen LogP contribution in [0.4, 0.5) is 0 Å². The third-order valence-corrected chi connectivity index (χ3v) is 8.61.